The number of aromatic hydroxyl groups is 1. The Bertz CT molecular complexity index is 609. The predicted octanol–water partition coefficient (Wildman–Crippen LogP) is 3.46. The average molecular weight is 308 g/mol. The summed E-state index contributed by atoms with van der Waals surface area (Å²) in [6, 6.07) is 5.34. The number of phenolic OH excluding ortho intramolecular Hbond substituents is 1. The number of hydrogen-bond donors (Lipinski definition) is 1. The van der Waals surface area contributed by atoms with Gasteiger partial charge in [-0.1, -0.05) is 23.2 Å². The highest BCUT2D eigenvalue weighted by molar-refractivity contribution is 6.30. The fourth-order valence-electron chi connectivity index (χ4n) is 2.88. The number of piperidine rings is 1. The van der Waals surface area contributed by atoms with Crippen LogP contribution in [0.1, 0.15) is 42.6 Å². The SMILES string of the molecule is Cc1nc(C2CCCCN2Cc2cc(O)cc(Cl)c2)no1. The van der Waals surface area contributed by atoms with E-state index in [4.69, 9.17) is 16.1 Å². The van der Waals surface area contributed by atoms with Gasteiger partial charge < -0.3 is 9.63 Å². The molecule has 6 heteroatoms. The maximum absolute atomic E-state index is 9.67. The van der Waals surface area contributed by atoms with Gasteiger partial charge in [-0.2, -0.15) is 4.98 Å². The predicted molar refractivity (Wildman–Crippen MR) is 79.2 cm³/mol. The number of rotatable bonds is 3. The summed E-state index contributed by atoms with van der Waals surface area (Å²) in [7, 11) is 0. The molecule has 2 heterocycles. The van der Waals surface area contributed by atoms with E-state index in [-0.39, 0.29) is 11.8 Å². The van der Waals surface area contributed by atoms with Gasteiger partial charge in [-0.25, -0.2) is 0 Å². The van der Waals surface area contributed by atoms with Crippen LogP contribution in [0.15, 0.2) is 22.7 Å². The second-order valence-corrected chi connectivity index (χ2v) is 5.91. The van der Waals surface area contributed by atoms with Crippen molar-refractivity contribution in [2.45, 2.75) is 38.8 Å². The van der Waals surface area contributed by atoms with E-state index >= 15 is 0 Å². The number of phenols is 1. The Hall–Kier alpha value is -1.59. The highest BCUT2D eigenvalue weighted by Gasteiger charge is 2.27. The molecule has 1 aromatic heterocycles. The lowest BCUT2D eigenvalue weighted by molar-refractivity contribution is 0.131. The molecule has 0 amide bonds. The van der Waals surface area contributed by atoms with Crippen LogP contribution in [0.4, 0.5) is 0 Å². The zero-order chi connectivity index (χ0) is 14.8. The van der Waals surface area contributed by atoms with Crippen molar-refractivity contribution in [3.8, 4) is 5.75 Å². The zero-order valence-electron chi connectivity index (χ0n) is 11.9. The van der Waals surface area contributed by atoms with E-state index in [9.17, 15) is 5.11 Å². The van der Waals surface area contributed by atoms with Crippen LogP contribution in [0.5, 0.6) is 5.75 Å². The van der Waals surface area contributed by atoms with E-state index in [0.717, 1.165) is 37.2 Å². The number of hydrogen-bond acceptors (Lipinski definition) is 5. The number of aromatic nitrogens is 2. The van der Waals surface area contributed by atoms with Gasteiger partial charge in [-0.05, 0) is 43.1 Å². The van der Waals surface area contributed by atoms with Crippen LogP contribution in [0.2, 0.25) is 5.02 Å². The fourth-order valence-corrected chi connectivity index (χ4v) is 3.13. The molecule has 1 atom stereocenters. The smallest absolute Gasteiger partial charge is 0.223 e. The van der Waals surface area contributed by atoms with Gasteiger partial charge in [-0.15, -0.1) is 0 Å². The Labute approximate surface area is 128 Å². The molecule has 1 fully saturated rings. The van der Waals surface area contributed by atoms with Crippen molar-refractivity contribution in [2.75, 3.05) is 6.54 Å². The van der Waals surface area contributed by atoms with Crippen LogP contribution >= 0.6 is 11.6 Å². The highest BCUT2D eigenvalue weighted by Crippen LogP contribution is 2.31. The van der Waals surface area contributed by atoms with Crippen LogP contribution in [-0.2, 0) is 6.54 Å². The van der Waals surface area contributed by atoms with Crippen molar-refractivity contribution >= 4 is 11.6 Å². The van der Waals surface area contributed by atoms with E-state index < -0.39 is 0 Å². The molecule has 0 radical (unpaired) electrons. The van der Waals surface area contributed by atoms with Crippen molar-refractivity contribution in [2.24, 2.45) is 0 Å². The van der Waals surface area contributed by atoms with Crippen LogP contribution in [0, 0.1) is 6.92 Å². The van der Waals surface area contributed by atoms with Gasteiger partial charge in [0, 0.05) is 18.5 Å². The topological polar surface area (TPSA) is 62.4 Å². The molecular formula is C15H18ClN3O2. The molecule has 1 saturated heterocycles. The Morgan fingerprint density at radius 1 is 1.38 bits per heavy atom. The Kier molecular flexibility index (Phi) is 4.12. The first-order valence-corrected chi connectivity index (χ1v) is 7.52. The van der Waals surface area contributed by atoms with Gasteiger partial charge in [0.25, 0.3) is 0 Å². The largest absolute Gasteiger partial charge is 0.508 e. The molecule has 0 aliphatic carbocycles. The van der Waals surface area contributed by atoms with Crippen molar-refractivity contribution in [1.29, 1.82) is 0 Å². The van der Waals surface area contributed by atoms with Gasteiger partial charge in [0.15, 0.2) is 5.82 Å². The van der Waals surface area contributed by atoms with Gasteiger partial charge in [-0.3, -0.25) is 4.90 Å². The maximum atomic E-state index is 9.67. The highest BCUT2D eigenvalue weighted by atomic mass is 35.5. The van der Waals surface area contributed by atoms with Crippen LogP contribution in [0.25, 0.3) is 0 Å². The minimum Gasteiger partial charge on any atom is -0.508 e. The van der Waals surface area contributed by atoms with E-state index in [1.165, 1.54) is 0 Å². The molecule has 112 valence electrons. The van der Waals surface area contributed by atoms with E-state index in [1.54, 1.807) is 19.1 Å². The molecule has 1 aromatic carbocycles. The average Bonchev–Trinajstić information content (AvgIpc) is 2.85. The monoisotopic (exact) mass is 307 g/mol. The first-order valence-electron chi connectivity index (χ1n) is 7.14. The molecule has 2 aromatic rings. The van der Waals surface area contributed by atoms with Crippen molar-refractivity contribution in [3.05, 3.63) is 40.5 Å². The summed E-state index contributed by atoms with van der Waals surface area (Å²) in [5.74, 6) is 1.54. The lowest BCUT2D eigenvalue weighted by Crippen LogP contribution is -2.33. The standard InChI is InChI=1S/C15H18ClN3O2/c1-10-17-15(18-21-10)14-4-2-3-5-19(14)9-11-6-12(16)8-13(20)7-11/h6-8,14,20H,2-5,9H2,1H3. The van der Waals surface area contributed by atoms with Crippen LogP contribution < -0.4 is 0 Å². The fraction of sp³-hybridized carbons (Fsp3) is 0.467. The Morgan fingerprint density at radius 3 is 2.95 bits per heavy atom. The number of aryl methyl sites for hydroxylation is 1. The first kappa shape index (κ1) is 14.4. The quantitative estimate of drug-likeness (QED) is 0.941. The summed E-state index contributed by atoms with van der Waals surface area (Å²) in [6.07, 6.45) is 3.33. The van der Waals surface area contributed by atoms with Gasteiger partial charge >= 0.3 is 0 Å². The number of nitrogens with zero attached hydrogens (tertiary/aromatic N) is 3. The van der Waals surface area contributed by atoms with E-state index in [1.807, 2.05) is 6.07 Å². The molecular weight excluding hydrogens is 290 g/mol. The molecule has 1 aliphatic rings. The summed E-state index contributed by atoms with van der Waals surface area (Å²) >= 11 is 6.01. The molecule has 5 nitrogen and oxygen atoms in total. The second-order valence-electron chi connectivity index (χ2n) is 5.47. The molecule has 21 heavy (non-hydrogen) atoms. The zero-order valence-corrected chi connectivity index (χ0v) is 12.7. The van der Waals surface area contributed by atoms with Crippen molar-refractivity contribution in [1.82, 2.24) is 15.0 Å². The van der Waals surface area contributed by atoms with Crippen LogP contribution in [-0.4, -0.2) is 26.7 Å². The van der Waals surface area contributed by atoms with Crippen LogP contribution in [0.3, 0.4) is 0 Å². The summed E-state index contributed by atoms with van der Waals surface area (Å²) < 4.78 is 5.11. The number of halogens is 1. The lowest BCUT2D eigenvalue weighted by Gasteiger charge is -2.33. The van der Waals surface area contributed by atoms with Gasteiger partial charge in [0.05, 0.1) is 6.04 Å². The third kappa shape index (κ3) is 3.36. The first-order chi connectivity index (χ1) is 10.1. The van der Waals surface area contributed by atoms with E-state index in [2.05, 4.69) is 15.0 Å². The summed E-state index contributed by atoms with van der Waals surface area (Å²) in [6.45, 7) is 3.50. The van der Waals surface area contributed by atoms with Crippen molar-refractivity contribution in [3.63, 3.8) is 0 Å². The Balaban J connectivity index is 1.81. The maximum Gasteiger partial charge on any atom is 0.223 e. The molecule has 1 aliphatic heterocycles. The minimum atomic E-state index is 0.164. The second kappa shape index (κ2) is 6.03. The molecule has 1 unspecified atom stereocenters. The molecule has 0 bridgehead atoms. The number of likely N-dealkylation sites (tertiary alicyclic amines) is 1. The molecule has 3 rings (SSSR count). The molecule has 0 saturated carbocycles. The molecule has 0 spiro atoms. The molecule has 1 N–H and O–H groups in total. The minimum absolute atomic E-state index is 0.164. The Morgan fingerprint density at radius 2 is 2.24 bits per heavy atom. The summed E-state index contributed by atoms with van der Waals surface area (Å²) in [5.41, 5.74) is 0.993. The van der Waals surface area contributed by atoms with E-state index in [0.29, 0.717) is 17.5 Å². The third-order valence-corrected chi connectivity index (χ3v) is 4.00. The van der Waals surface area contributed by atoms with Gasteiger partial charge in [0.1, 0.15) is 5.75 Å². The summed E-state index contributed by atoms with van der Waals surface area (Å²) in [4.78, 5) is 6.68. The third-order valence-electron chi connectivity index (χ3n) is 3.78. The van der Waals surface area contributed by atoms with Gasteiger partial charge in [0.2, 0.25) is 5.89 Å². The normalized spacial score (nSPS) is 19.8. The van der Waals surface area contributed by atoms with Crippen molar-refractivity contribution < 1.29 is 9.63 Å². The lowest BCUT2D eigenvalue weighted by atomic mass is 10.0. The number of benzene rings is 1. The summed E-state index contributed by atoms with van der Waals surface area (Å²) in [5, 5.41) is 14.3.